The van der Waals surface area contributed by atoms with Crippen molar-refractivity contribution in [1.29, 1.82) is 0 Å². The third kappa shape index (κ3) is 3.11. The average molecular weight is 521 g/mol. The zero-order valence-corrected chi connectivity index (χ0v) is 23.2. The summed E-state index contributed by atoms with van der Waals surface area (Å²) in [4.78, 5) is 0. The van der Waals surface area contributed by atoms with Gasteiger partial charge in [0.1, 0.15) is 0 Å². The van der Waals surface area contributed by atoms with E-state index in [9.17, 15) is 0 Å². The zero-order chi connectivity index (χ0) is 27.3. The molecule has 0 N–H and O–H groups in total. The Bertz CT molecular complexity index is 2330. The van der Waals surface area contributed by atoms with Crippen LogP contribution < -0.4 is 0 Å². The first kappa shape index (κ1) is 22.8. The molecule has 0 spiro atoms. The Morgan fingerprint density at radius 1 is 0.366 bits per heavy atom. The van der Waals surface area contributed by atoms with Crippen LogP contribution in [0.2, 0.25) is 0 Å². The van der Waals surface area contributed by atoms with Gasteiger partial charge in [0.2, 0.25) is 0 Å². The summed E-state index contributed by atoms with van der Waals surface area (Å²) in [6, 6.07) is 49.9. The molecule has 0 nitrogen and oxygen atoms in total. The molecule has 192 valence electrons. The summed E-state index contributed by atoms with van der Waals surface area (Å²) in [6.07, 6.45) is 0. The minimum Gasteiger partial charge on any atom is -0.0616 e. The molecule has 0 heterocycles. The molecule has 0 fully saturated rings. The van der Waals surface area contributed by atoms with Crippen molar-refractivity contribution in [3.8, 4) is 33.4 Å². The highest BCUT2D eigenvalue weighted by atomic mass is 14.4. The van der Waals surface area contributed by atoms with Crippen LogP contribution in [0.4, 0.5) is 0 Å². The first-order valence-corrected chi connectivity index (χ1v) is 14.5. The molecule has 1 aliphatic carbocycles. The van der Waals surface area contributed by atoms with Gasteiger partial charge in [-0.15, -0.1) is 0 Å². The minimum atomic E-state index is -0.0968. The largest absolute Gasteiger partial charge is 0.0616 e. The van der Waals surface area contributed by atoms with Crippen LogP contribution in [-0.4, -0.2) is 0 Å². The minimum absolute atomic E-state index is 0.0968. The van der Waals surface area contributed by atoms with Crippen LogP contribution in [0.1, 0.15) is 25.0 Å². The van der Waals surface area contributed by atoms with Crippen molar-refractivity contribution in [2.24, 2.45) is 0 Å². The molecule has 8 aromatic rings. The predicted octanol–water partition coefficient (Wildman–Crippen LogP) is 11.4. The van der Waals surface area contributed by atoms with Crippen LogP contribution in [0.15, 0.2) is 133 Å². The highest BCUT2D eigenvalue weighted by molar-refractivity contribution is 6.26. The summed E-state index contributed by atoms with van der Waals surface area (Å²) >= 11 is 0. The molecule has 0 saturated carbocycles. The molecule has 1 aliphatic rings. The Labute approximate surface area is 239 Å². The maximum atomic E-state index is 2.46. The van der Waals surface area contributed by atoms with Crippen molar-refractivity contribution in [2.75, 3.05) is 0 Å². The maximum absolute atomic E-state index is 2.46. The monoisotopic (exact) mass is 520 g/mol. The van der Waals surface area contributed by atoms with E-state index in [0.717, 1.165) is 0 Å². The summed E-state index contributed by atoms with van der Waals surface area (Å²) in [6.45, 7) is 4.78. The molecular formula is C41H28. The smallest absolute Gasteiger partial charge is 0.0159 e. The molecule has 0 bridgehead atoms. The van der Waals surface area contributed by atoms with Gasteiger partial charge in [-0.25, -0.2) is 0 Å². The van der Waals surface area contributed by atoms with Crippen molar-refractivity contribution in [2.45, 2.75) is 19.3 Å². The number of hydrogen-bond donors (Lipinski definition) is 0. The van der Waals surface area contributed by atoms with E-state index in [-0.39, 0.29) is 5.41 Å². The summed E-state index contributed by atoms with van der Waals surface area (Å²) in [5.41, 5.74) is 10.6. The van der Waals surface area contributed by atoms with Crippen LogP contribution in [-0.2, 0) is 5.41 Å². The summed E-state index contributed by atoms with van der Waals surface area (Å²) in [7, 11) is 0. The molecule has 0 heteroatoms. The van der Waals surface area contributed by atoms with Gasteiger partial charge < -0.3 is 0 Å². The van der Waals surface area contributed by atoms with Crippen molar-refractivity contribution in [3.05, 3.63) is 145 Å². The van der Waals surface area contributed by atoms with Gasteiger partial charge in [0.15, 0.2) is 0 Å². The Morgan fingerprint density at radius 3 is 1.71 bits per heavy atom. The maximum Gasteiger partial charge on any atom is 0.0159 e. The van der Waals surface area contributed by atoms with Crippen molar-refractivity contribution >= 4 is 43.1 Å². The summed E-state index contributed by atoms with van der Waals surface area (Å²) in [5.74, 6) is 0. The van der Waals surface area contributed by atoms with Crippen molar-refractivity contribution in [3.63, 3.8) is 0 Å². The highest BCUT2D eigenvalue weighted by Gasteiger charge is 2.36. The average Bonchev–Trinajstić information content (AvgIpc) is 3.24. The van der Waals surface area contributed by atoms with E-state index in [2.05, 4.69) is 147 Å². The lowest BCUT2D eigenvalue weighted by Gasteiger charge is -2.23. The van der Waals surface area contributed by atoms with Crippen LogP contribution in [0, 0.1) is 0 Å². The molecule has 41 heavy (non-hydrogen) atoms. The first-order valence-electron chi connectivity index (χ1n) is 14.5. The number of benzene rings is 8. The molecule has 0 unspecified atom stereocenters. The van der Waals surface area contributed by atoms with Crippen LogP contribution in [0.25, 0.3) is 76.5 Å². The highest BCUT2D eigenvalue weighted by Crippen LogP contribution is 2.51. The fraction of sp³-hybridized carbons (Fsp3) is 0.0732. The van der Waals surface area contributed by atoms with Gasteiger partial charge in [-0.05, 0) is 106 Å². The Morgan fingerprint density at radius 2 is 0.927 bits per heavy atom. The SMILES string of the molecule is CC1(C)c2cc(-c3cccc4ccccc34)ccc2-c2ccc(-c3cc4cccc5ccc6cccc3c6c54)cc21. The standard InChI is InChI=1S/C41H28/c1-41(2)37-23-28(32-14-6-9-25-8-3-4-13-31(25)32)18-20-33(37)34-21-19-29(24-38(34)41)36-22-30-12-5-10-26-16-17-27-11-7-15-35(36)40(27)39(26)30/h3-24H,1-2H3. The van der Waals surface area contributed by atoms with Crippen LogP contribution >= 0.6 is 0 Å². The lowest BCUT2D eigenvalue weighted by Crippen LogP contribution is -2.15. The Balaban J connectivity index is 1.23. The van der Waals surface area contributed by atoms with Crippen LogP contribution in [0.5, 0.6) is 0 Å². The molecule has 0 saturated heterocycles. The summed E-state index contributed by atoms with van der Waals surface area (Å²) < 4.78 is 0. The second-order valence-electron chi connectivity index (χ2n) is 12.1. The van der Waals surface area contributed by atoms with Gasteiger partial charge in [-0.2, -0.15) is 0 Å². The third-order valence-corrected chi connectivity index (χ3v) is 9.60. The fourth-order valence-corrected chi connectivity index (χ4v) is 7.55. The molecule has 0 aliphatic heterocycles. The molecule has 0 aromatic heterocycles. The predicted molar refractivity (Wildman–Crippen MR) is 176 cm³/mol. The van der Waals surface area contributed by atoms with E-state index in [4.69, 9.17) is 0 Å². The molecule has 0 amide bonds. The topological polar surface area (TPSA) is 0 Å². The van der Waals surface area contributed by atoms with Crippen molar-refractivity contribution < 1.29 is 0 Å². The van der Waals surface area contributed by atoms with Gasteiger partial charge in [-0.3, -0.25) is 0 Å². The molecular weight excluding hydrogens is 492 g/mol. The van der Waals surface area contributed by atoms with Gasteiger partial charge in [0, 0.05) is 5.41 Å². The Hall–Kier alpha value is -4.94. The molecule has 0 radical (unpaired) electrons. The van der Waals surface area contributed by atoms with Gasteiger partial charge in [-0.1, -0.05) is 129 Å². The van der Waals surface area contributed by atoms with E-state index in [1.807, 2.05) is 0 Å². The number of rotatable bonds is 2. The first-order chi connectivity index (χ1) is 20.1. The number of fused-ring (bicyclic) bond motifs is 4. The third-order valence-electron chi connectivity index (χ3n) is 9.60. The molecule has 9 rings (SSSR count). The number of hydrogen-bond acceptors (Lipinski definition) is 0. The quantitative estimate of drug-likeness (QED) is 0.199. The van der Waals surface area contributed by atoms with E-state index in [1.165, 1.54) is 87.6 Å². The van der Waals surface area contributed by atoms with E-state index < -0.39 is 0 Å². The lowest BCUT2D eigenvalue weighted by atomic mass is 9.80. The Kier molecular flexibility index (Phi) is 4.49. The summed E-state index contributed by atoms with van der Waals surface area (Å²) in [5, 5.41) is 10.6. The second-order valence-corrected chi connectivity index (χ2v) is 12.1. The van der Waals surface area contributed by atoms with E-state index in [1.54, 1.807) is 0 Å². The van der Waals surface area contributed by atoms with Crippen LogP contribution in [0.3, 0.4) is 0 Å². The van der Waals surface area contributed by atoms with Crippen molar-refractivity contribution in [1.82, 2.24) is 0 Å². The van der Waals surface area contributed by atoms with Gasteiger partial charge in [0.05, 0.1) is 0 Å². The second kappa shape index (κ2) is 8.05. The van der Waals surface area contributed by atoms with E-state index >= 15 is 0 Å². The van der Waals surface area contributed by atoms with E-state index in [0.29, 0.717) is 0 Å². The fourth-order valence-electron chi connectivity index (χ4n) is 7.55. The van der Waals surface area contributed by atoms with Gasteiger partial charge in [0.25, 0.3) is 0 Å². The lowest BCUT2D eigenvalue weighted by molar-refractivity contribution is 0.661. The zero-order valence-electron chi connectivity index (χ0n) is 23.2. The molecule has 8 aromatic carbocycles. The molecule has 0 atom stereocenters. The normalized spacial score (nSPS) is 13.8. The van der Waals surface area contributed by atoms with Gasteiger partial charge >= 0.3 is 0 Å².